The van der Waals surface area contributed by atoms with Gasteiger partial charge in [-0.25, -0.2) is 9.97 Å². The van der Waals surface area contributed by atoms with Gasteiger partial charge in [-0.05, 0) is 26.0 Å². The summed E-state index contributed by atoms with van der Waals surface area (Å²) in [5.41, 5.74) is 8.17. The van der Waals surface area contributed by atoms with E-state index in [-0.39, 0.29) is 0 Å². The van der Waals surface area contributed by atoms with Crippen molar-refractivity contribution in [3.63, 3.8) is 0 Å². The van der Waals surface area contributed by atoms with E-state index in [1.165, 1.54) is 0 Å². The lowest BCUT2D eigenvalue weighted by atomic mass is 10.3. The first-order valence-corrected chi connectivity index (χ1v) is 7.03. The van der Waals surface area contributed by atoms with Crippen molar-refractivity contribution in [3.05, 3.63) is 29.7 Å². The molecule has 2 aromatic rings. The molecule has 0 unspecified atom stereocenters. The van der Waals surface area contributed by atoms with E-state index < -0.39 is 0 Å². The average molecular weight is 285 g/mol. The van der Waals surface area contributed by atoms with E-state index >= 15 is 0 Å². The number of nitrogens with two attached hydrogens (primary N) is 1. The summed E-state index contributed by atoms with van der Waals surface area (Å²) < 4.78 is 0. The molecule has 21 heavy (non-hydrogen) atoms. The largest absolute Gasteiger partial charge is 0.397 e. The number of nitrogens with zero attached hydrogens (tertiary/aromatic N) is 6. The summed E-state index contributed by atoms with van der Waals surface area (Å²) in [4.78, 5) is 13.3. The van der Waals surface area contributed by atoms with E-state index in [1.54, 1.807) is 6.20 Å². The molecular weight excluding hydrogens is 266 g/mol. The van der Waals surface area contributed by atoms with Gasteiger partial charge < -0.3 is 15.5 Å². The molecule has 3 rings (SSSR count). The predicted molar refractivity (Wildman–Crippen MR) is 82.4 cm³/mol. The van der Waals surface area contributed by atoms with Crippen molar-refractivity contribution in [2.75, 3.05) is 41.7 Å². The van der Waals surface area contributed by atoms with Crippen molar-refractivity contribution in [2.45, 2.75) is 13.8 Å². The standard InChI is InChI=1S/C14H19N7/c1-10-11(2)18-19-14(17-10)21-7-5-20(6-8-21)13-4-3-12(15)9-16-13/h3-4,9H,5-8,15H2,1-2H3. The van der Waals surface area contributed by atoms with Crippen LogP contribution in [0.3, 0.4) is 0 Å². The van der Waals surface area contributed by atoms with Crippen LogP contribution in [0.15, 0.2) is 18.3 Å². The molecule has 0 aliphatic carbocycles. The molecular formula is C14H19N7. The zero-order valence-electron chi connectivity index (χ0n) is 12.3. The van der Waals surface area contributed by atoms with Crippen molar-refractivity contribution < 1.29 is 0 Å². The minimum atomic E-state index is 0.687. The Kier molecular flexibility index (Phi) is 3.55. The van der Waals surface area contributed by atoms with Gasteiger partial charge in [-0.2, -0.15) is 5.10 Å². The predicted octanol–water partition coefficient (Wildman–Crippen LogP) is 0.792. The number of hydrogen-bond acceptors (Lipinski definition) is 7. The minimum absolute atomic E-state index is 0.687. The fourth-order valence-corrected chi connectivity index (χ4v) is 2.30. The number of aromatic nitrogens is 4. The smallest absolute Gasteiger partial charge is 0.245 e. The fraction of sp³-hybridized carbons (Fsp3) is 0.429. The minimum Gasteiger partial charge on any atom is -0.397 e. The van der Waals surface area contributed by atoms with Crippen LogP contribution >= 0.6 is 0 Å². The molecule has 0 saturated carbocycles. The third-order valence-electron chi connectivity index (χ3n) is 3.74. The molecule has 2 aromatic heterocycles. The molecule has 0 radical (unpaired) electrons. The van der Waals surface area contributed by atoms with Crippen molar-refractivity contribution >= 4 is 17.5 Å². The van der Waals surface area contributed by atoms with Gasteiger partial charge >= 0.3 is 0 Å². The Labute approximate surface area is 123 Å². The van der Waals surface area contributed by atoms with Gasteiger partial charge in [-0.3, -0.25) is 0 Å². The lowest BCUT2D eigenvalue weighted by Crippen LogP contribution is -2.47. The van der Waals surface area contributed by atoms with Crippen LogP contribution in [0.5, 0.6) is 0 Å². The Bertz CT molecular complexity index is 618. The molecule has 7 heteroatoms. The van der Waals surface area contributed by atoms with Crippen molar-refractivity contribution in [2.24, 2.45) is 0 Å². The van der Waals surface area contributed by atoms with Crippen molar-refractivity contribution in [1.29, 1.82) is 0 Å². The molecule has 0 atom stereocenters. The highest BCUT2D eigenvalue weighted by molar-refractivity contribution is 5.47. The summed E-state index contributed by atoms with van der Waals surface area (Å²) >= 11 is 0. The first-order valence-electron chi connectivity index (χ1n) is 7.03. The molecule has 2 N–H and O–H groups in total. The van der Waals surface area contributed by atoms with Gasteiger partial charge in [0.2, 0.25) is 5.95 Å². The van der Waals surface area contributed by atoms with Crippen LogP contribution in [0.1, 0.15) is 11.4 Å². The van der Waals surface area contributed by atoms with E-state index in [9.17, 15) is 0 Å². The highest BCUT2D eigenvalue weighted by atomic mass is 15.4. The SMILES string of the molecule is Cc1nnc(N2CCN(c3ccc(N)cn3)CC2)nc1C. The van der Waals surface area contributed by atoms with Gasteiger partial charge in [0.25, 0.3) is 0 Å². The lowest BCUT2D eigenvalue weighted by Gasteiger charge is -2.35. The Balaban J connectivity index is 1.67. The van der Waals surface area contributed by atoms with E-state index in [0.29, 0.717) is 11.6 Å². The first-order chi connectivity index (χ1) is 10.1. The summed E-state index contributed by atoms with van der Waals surface area (Å²) in [6.45, 7) is 7.36. The van der Waals surface area contributed by atoms with Crippen LogP contribution < -0.4 is 15.5 Å². The fourth-order valence-electron chi connectivity index (χ4n) is 2.30. The third-order valence-corrected chi connectivity index (χ3v) is 3.74. The molecule has 7 nitrogen and oxygen atoms in total. The third kappa shape index (κ3) is 2.86. The van der Waals surface area contributed by atoms with Crippen molar-refractivity contribution in [3.8, 4) is 0 Å². The van der Waals surface area contributed by atoms with Crippen LogP contribution in [-0.2, 0) is 0 Å². The molecule has 0 amide bonds. The van der Waals surface area contributed by atoms with Gasteiger partial charge in [0.15, 0.2) is 0 Å². The second-order valence-corrected chi connectivity index (χ2v) is 5.21. The zero-order valence-corrected chi connectivity index (χ0v) is 12.3. The Hall–Kier alpha value is -2.44. The summed E-state index contributed by atoms with van der Waals surface area (Å²) in [7, 11) is 0. The van der Waals surface area contributed by atoms with Gasteiger partial charge in [0, 0.05) is 26.2 Å². The van der Waals surface area contributed by atoms with Gasteiger partial charge in [0.1, 0.15) is 5.82 Å². The quantitative estimate of drug-likeness (QED) is 0.873. The number of piperazine rings is 1. The van der Waals surface area contributed by atoms with E-state index in [1.807, 2.05) is 26.0 Å². The number of nitrogen functional groups attached to an aromatic ring is 1. The Morgan fingerprint density at radius 2 is 1.67 bits per heavy atom. The highest BCUT2D eigenvalue weighted by Crippen LogP contribution is 2.17. The Morgan fingerprint density at radius 3 is 2.29 bits per heavy atom. The molecule has 3 heterocycles. The van der Waals surface area contributed by atoms with E-state index in [4.69, 9.17) is 5.73 Å². The molecule has 1 saturated heterocycles. The first kappa shape index (κ1) is 13.5. The van der Waals surface area contributed by atoms with Crippen molar-refractivity contribution in [1.82, 2.24) is 20.2 Å². The van der Waals surface area contributed by atoms with Crippen LogP contribution in [0, 0.1) is 13.8 Å². The molecule has 1 aliphatic rings. The number of hydrogen-bond donors (Lipinski definition) is 1. The molecule has 110 valence electrons. The zero-order chi connectivity index (χ0) is 14.8. The van der Waals surface area contributed by atoms with E-state index in [2.05, 4.69) is 30.0 Å². The molecule has 1 aliphatic heterocycles. The molecule has 1 fully saturated rings. The second kappa shape index (κ2) is 5.51. The average Bonchev–Trinajstić information content (AvgIpc) is 2.51. The number of rotatable bonds is 2. The van der Waals surface area contributed by atoms with Gasteiger partial charge in [0.05, 0.1) is 23.3 Å². The maximum Gasteiger partial charge on any atom is 0.245 e. The second-order valence-electron chi connectivity index (χ2n) is 5.21. The normalized spacial score (nSPS) is 15.3. The summed E-state index contributed by atoms with van der Waals surface area (Å²) in [6.07, 6.45) is 1.69. The molecule has 0 aromatic carbocycles. The monoisotopic (exact) mass is 285 g/mol. The highest BCUT2D eigenvalue weighted by Gasteiger charge is 2.20. The van der Waals surface area contributed by atoms with Crippen LogP contribution in [0.4, 0.5) is 17.5 Å². The Morgan fingerprint density at radius 1 is 0.952 bits per heavy atom. The number of aryl methyl sites for hydroxylation is 2. The van der Waals surface area contributed by atoms with Gasteiger partial charge in [-0.1, -0.05) is 0 Å². The maximum atomic E-state index is 5.67. The van der Waals surface area contributed by atoms with E-state index in [0.717, 1.165) is 43.4 Å². The topological polar surface area (TPSA) is 84.1 Å². The van der Waals surface area contributed by atoms with Gasteiger partial charge in [-0.15, -0.1) is 5.10 Å². The lowest BCUT2D eigenvalue weighted by molar-refractivity contribution is 0.627. The van der Waals surface area contributed by atoms with Crippen LogP contribution in [-0.4, -0.2) is 46.3 Å². The van der Waals surface area contributed by atoms with Crippen LogP contribution in [0.2, 0.25) is 0 Å². The maximum absolute atomic E-state index is 5.67. The summed E-state index contributed by atoms with van der Waals surface area (Å²) in [5.74, 6) is 1.67. The molecule has 0 spiro atoms. The van der Waals surface area contributed by atoms with Crippen LogP contribution in [0.25, 0.3) is 0 Å². The molecule has 0 bridgehead atoms. The summed E-state index contributed by atoms with van der Waals surface area (Å²) in [6, 6.07) is 3.84. The number of pyridine rings is 1. The summed E-state index contributed by atoms with van der Waals surface area (Å²) in [5, 5.41) is 8.33. The number of anilines is 3.